The molecule has 2 amide bonds. The molecular formula is C2H2BrN3O. The van der Waals surface area contributed by atoms with E-state index in [0.717, 1.165) is 0 Å². The SMILES string of the molecule is O=C1N=NC(Br)N1. The zero-order chi connectivity index (χ0) is 5.28. The first-order valence-electron chi connectivity index (χ1n) is 1.64. The van der Waals surface area contributed by atoms with Crippen LogP contribution in [0.3, 0.4) is 0 Å². The molecule has 0 bridgehead atoms. The van der Waals surface area contributed by atoms with Gasteiger partial charge in [0.25, 0.3) is 0 Å². The van der Waals surface area contributed by atoms with Crippen molar-refractivity contribution >= 4 is 22.0 Å². The van der Waals surface area contributed by atoms with Crippen LogP contribution >= 0.6 is 15.9 Å². The second-order valence-corrected chi connectivity index (χ2v) is 1.87. The highest BCUT2D eigenvalue weighted by molar-refractivity contribution is 9.09. The van der Waals surface area contributed by atoms with Crippen LogP contribution < -0.4 is 5.32 Å². The molecule has 38 valence electrons. The van der Waals surface area contributed by atoms with Crippen LogP contribution in [-0.2, 0) is 0 Å². The lowest BCUT2D eigenvalue weighted by Gasteiger charge is -1.88. The largest absolute Gasteiger partial charge is 0.361 e. The molecule has 1 aliphatic rings. The number of hydrogen-bond donors (Lipinski definition) is 1. The molecule has 0 spiro atoms. The lowest BCUT2D eigenvalue weighted by Crippen LogP contribution is -2.18. The van der Waals surface area contributed by atoms with E-state index >= 15 is 0 Å². The lowest BCUT2D eigenvalue weighted by molar-refractivity contribution is 0.252. The summed E-state index contributed by atoms with van der Waals surface area (Å²) in [5, 5.41) is 8.60. The average molecular weight is 164 g/mol. The summed E-state index contributed by atoms with van der Waals surface area (Å²) in [6.45, 7) is 0. The summed E-state index contributed by atoms with van der Waals surface area (Å²) >= 11 is 2.99. The number of urea groups is 1. The third-order valence-corrected chi connectivity index (χ3v) is 0.905. The van der Waals surface area contributed by atoms with Crippen molar-refractivity contribution in [2.75, 3.05) is 0 Å². The molecule has 0 aromatic rings. The first kappa shape index (κ1) is 4.70. The van der Waals surface area contributed by atoms with Gasteiger partial charge in [0.1, 0.15) is 0 Å². The predicted molar refractivity (Wildman–Crippen MR) is 26.1 cm³/mol. The Labute approximate surface area is 48.1 Å². The van der Waals surface area contributed by atoms with Crippen LogP contribution in [0.4, 0.5) is 4.79 Å². The number of carbonyl (C=O) groups is 1. The smallest absolute Gasteiger partial charge is 0.302 e. The van der Waals surface area contributed by atoms with Gasteiger partial charge in [-0.05, 0) is 15.9 Å². The number of carbonyl (C=O) groups excluding carboxylic acids is 1. The normalized spacial score (nSPS) is 28.1. The van der Waals surface area contributed by atoms with E-state index in [1.54, 1.807) is 0 Å². The minimum Gasteiger partial charge on any atom is -0.302 e. The first-order chi connectivity index (χ1) is 3.29. The Kier molecular flexibility index (Phi) is 1.06. The minimum absolute atomic E-state index is 0.306. The summed E-state index contributed by atoms with van der Waals surface area (Å²) in [5.74, 6) is 0. The van der Waals surface area contributed by atoms with Gasteiger partial charge in [-0.2, -0.15) is 0 Å². The molecule has 0 saturated heterocycles. The molecule has 1 aliphatic heterocycles. The number of amides is 2. The molecule has 1 unspecified atom stereocenters. The van der Waals surface area contributed by atoms with E-state index < -0.39 is 0 Å². The zero-order valence-corrected chi connectivity index (χ0v) is 4.84. The fourth-order valence-electron chi connectivity index (χ4n) is 0.263. The summed E-state index contributed by atoms with van der Waals surface area (Å²) in [7, 11) is 0. The standard InChI is InChI=1S/C2H2BrN3O/c3-1-4-2(7)6-5-1/h1H,(H,4,7). The number of hydrogen-bond acceptors (Lipinski definition) is 2. The van der Waals surface area contributed by atoms with Gasteiger partial charge in [0.15, 0.2) is 5.08 Å². The van der Waals surface area contributed by atoms with Crippen molar-refractivity contribution in [1.82, 2.24) is 5.32 Å². The molecule has 1 N–H and O–H groups in total. The highest BCUT2D eigenvalue weighted by Crippen LogP contribution is 2.03. The quantitative estimate of drug-likeness (QED) is 0.418. The lowest BCUT2D eigenvalue weighted by atomic mass is 11.0. The van der Waals surface area contributed by atoms with Gasteiger partial charge in [-0.1, -0.05) is 5.11 Å². The number of nitrogens with zero attached hydrogens (tertiary/aromatic N) is 2. The maximum absolute atomic E-state index is 10.1. The third kappa shape index (κ3) is 0.957. The number of alkyl halides is 1. The number of nitrogens with one attached hydrogen (secondary N) is 1. The van der Waals surface area contributed by atoms with E-state index in [1.165, 1.54) is 0 Å². The Bertz CT molecular complexity index is 122. The topological polar surface area (TPSA) is 53.8 Å². The molecule has 0 aromatic carbocycles. The Morgan fingerprint density at radius 2 is 2.57 bits per heavy atom. The van der Waals surface area contributed by atoms with Gasteiger partial charge in [0, 0.05) is 0 Å². The Morgan fingerprint density at radius 1 is 1.86 bits per heavy atom. The Hall–Kier alpha value is -0.450. The predicted octanol–water partition coefficient (Wildman–Crippen LogP) is 0.840. The molecule has 1 atom stereocenters. The van der Waals surface area contributed by atoms with Crippen LogP contribution in [0.2, 0.25) is 0 Å². The van der Waals surface area contributed by atoms with Crippen molar-refractivity contribution in [1.29, 1.82) is 0 Å². The van der Waals surface area contributed by atoms with Crippen molar-refractivity contribution in [2.45, 2.75) is 5.08 Å². The molecule has 5 heteroatoms. The Morgan fingerprint density at radius 3 is 2.71 bits per heavy atom. The van der Waals surface area contributed by atoms with E-state index in [1.807, 2.05) is 0 Å². The van der Waals surface area contributed by atoms with E-state index in [2.05, 4.69) is 31.5 Å². The molecule has 0 radical (unpaired) electrons. The fraction of sp³-hybridized carbons (Fsp3) is 0.500. The van der Waals surface area contributed by atoms with E-state index in [-0.39, 0.29) is 11.1 Å². The van der Waals surface area contributed by atoms with Gasteiger partial charge in [-0.25, -0.2) is 4.79 Å². The molecular weight excluding hydrogens is 162 g/mol. The minimum atomic E-state index is -0.387. The van der Waals surface area contributed by atoms with Crippen molar-refractivity contribution in [3.63, 3.8) is 0 Å². The average Bonchev–Trinajstić information content (AvgIpc) is 1.87. The van der Waals surface area contributed by atoms with Crippen LogP contribution in [0.5, 0.6) is 0 Å². The number of azo groups is 1. The molecule has 0 aromatic heterocycles. The van der Waals surface area contributed by atoms with Gasteiger partial charge >= 0.3 is 6.03 Å². The maximum Gasteiger partial charge on any atom is 0.361 e. The third-order valence-electron chi connectivity index (χ3n) is 0.493. The van der Waals surface area contributed by atoms with Gasteiger partial charge in [-0.15, -0.1) is 5.11 Å². The zero-order valence-electron chi connectivity index (χ0n) is 3.26. The van der Waals surface area contributed by atoms with Crippen LogP contribution in [0.1, 0.15) is 0 Å². The second-order valence-electron chi connectivity index (χ2n) is 1.00. The number of rotatable bonds is 0. The van der Waals surface area contributed by atoms with Crippen molar-refractivity contribution in [3.8, 4) is 0 Å². The van der Waals surface area contributed by atoms with Crippen LogP contribution in [-0.4, -0.2) is 11.1 Å². The van der Waals surface area contributed by atoms with Gasteiger partial charge in [0.05, 0.1) is 0 Å². The fourth-order valence-corrected chi connectivity index (χ4v) is 0.550. The van der Waals surface area contributed by atoms with Crippen molar-refractivity contribution < 1.29 is 4.79 Å². The first-order valence-corrected chi connectivity index (χ1v) is 2.56. The van der Waals surface area contributed by atoms with E-state index in [0.29, 0.717) is 0 Å². The van der Waals surface area contributed by atoms with Crippen LogP contribution in [0, 0.1) is 0 Å². The maximum atomic E-state index is 10.1. The summed E-state index contributed by atoms with van der Waals surface area (Å²) in [5.41, 5.74) is 0. The van der Waals surface area contributed by atoms with E-state index in [4.69, 9.17) is 0 Å². The van der Waals surface area contributed by atoms with E-state index in [9.17, 15) is 4.79 Å². The van der Waals surface area contributed by atoms with Crippen LogP contribution in [0.25, 0.3) is 0 Å². The molecule has 7 heavy (non-hydrogen) atoms. The Balaban J connectivity index is 2.58. The molecule has 0 aliphatic carbocycles. The summed E-state index contributed by atoms with van der Waals surface area (Å²) in [6.07, 6.45) is 0. The summed E-state index contributed by atoms with van der Waals surface area (Å²) in [6, 6.07) is -0.387. The summed E-state index contributed by atoms with van der Waals surface area (Å²) in [4.78, 5) is 10.1. The second kappa shape index (κ2) is 1.57. The van der Waals surface area contributed by atoms with Crippen molar-refractivity contribution in [2.24, 2.45) is 10.2 Å². The summed E-state index contributed by atoms with van der Waals surface area (Å²) < 4.78 is 0. The van der Waals surface area contributed by atoms with Crippen molar-refractivity contribution in [3.05, 3.63) is 0 Å². The number of halogens is 1. The monoisotopic (exact) mass is 163 g/mol. The highest BCUT2D eigenvalue weighted by atomic mass is 79.9. The van der Waals surface area contributed by atoms with Gasteiger partial charge in [0.2, 0.25) is 0 Å². The molecule has 4 nitrogen and oxygen atoms in total. The molecule has 1 rings (SSSR count). The van der Waals surface area contributed by atoms with Crippen LogP contribution in [0.15, 0.2) is 10.2 Å². The molecule has 0 saturated carbocycles. The molecule has 1 heterocycles. The van der Waals surface area contributed by atoms with Gasteiger partial charge in [-0.3, -0.25) is 0 Å². The highest BCUT2D eigenvalue weighted by Gasteiger charge is 2.11. The molecule has 0 fully saturated rings. The van der Waals surface area contributed by atoms with Gasteiger partial charge < -0.3 is 5.32 Å².